The molecule has 7 atom stereocenters. The Bertz CT molecular complexity index is 1410. The lowest BCUT2D eigenvalue weighted by Gasteiger charge is -2.27. The molecular weight excluding hydrogens is 599 g/mol. The SMILES string of the molecule is COc1nc(N)nc2c1ncn2[C@@H]1O[C@H](COP(=O)(N[C@@H](C)C(=O)OC(C)C)SC[C@H]2NC(=O)NC2=O)[C@@H](O)[C@@]1(C)O. The maximum atomic E-state index is 13.9. The summed E-state index contributed by atoms with van der Waals surface area (Å²) in [5.74, 6) is -1.53. The normalized spacial score (nSPS) is 28.0. The van der Waals surface area contributed by atoms with Gasteiger partial charge in [0.05, 0.1) is 26.1 Å². The summed E-state index contributed by atoms with van der Waals surface area (Å²) < 4.78 is 37.2. The van der Waals surface area contributed by atoms with E-state index in [0.717, 1.165) is 0 Å². The van der Waals surface area contributed by atoms with E-state index in [9.17, 15) is 29.2 Å². The molecule has 2 aromatic rings. The summed E-state index contributed by atoms with van der Waals surface area (Å²) in [4.78, 5) is 48.2. The monoisotopic (exact) mass is 632 g/mol. The Morgan fingerprint density at radius 3 is 2.69 bits per heavy atom. The van der Waals surface area contributed by atoms with Gasteiger partial charge in [-0.15, -0.1) is 0 Å². The Kier molecular flexibility index (Phi) is 9.31. The number of urea groups is 1. The van der Waals surface area contributed by atoms with E-state index in [1.54, 1.807) is 13.8 Å². The summed E-state index contributed by atoms with van der Waals surface area (Å²) >= 11 is 0.661. The first kappa shape index (κ1) is 31.9. The fourth-order valence-corrected chi connectivity index (χ4v) is 8.12. The van der Waals surface area contributed by atoms with Crippen LogP contribution < -0.4 is 26.2 Å². The number of esters is 1. The number of anilines is 1. The zero-order valence-corrected chi connectivity index (χ0v) is 25.0. The van der Waals surface area contributed by atoms with Crippen molar-refractivity contribution in [3.8, 4) is 5.88 Å². The van der Waals surface area contributed by atoms with Crippen LogP contribution in [0.1, 0.15) is 33.9 Å². The molecule has 1 unspecified atom stereocenters. The number of amides is 3. The molecule has 18 nitrogen and oxygen atoms in total. The highest BCUT2D eigenvalue weighted by Crippen LogP contribution is 2.57. The molecular formula is C22H33N8O10PS. The lowest BCUT2D eigenvalue weighted by molar-refractivity contribution is -0.149. The first-order valence-electron chi connectivity index (χ1n) is 12.7. The van der Waals surface area contributed by atoms with Gasteiger partial charge in [0.2, 0.25) is 11.8 Å². The molecule has 0 radical (unpaired) electrons. The number of methoxy groups -OCH3 is 1. The topological polar surface area (TPSA) is 251 Å². The summed E-state index contributed by atoms with van der Waals surface area (Å²) in [5, 5.41) is 29.3. The van der Waals surface area contributed by atoms with Gasteiger partial charge in [0.1, 0.15) is 29.9 Å². The first-order chi connectivity index (χ1) is 19.6. The van der Waals surface area contributed by atoms with Gasteiger partial charge < -0.3 is 40.0 Å². The lowest BCUT2D eigenvalue weighted by Crippen LogP contribution is -2.44. The molecule has 0 aromatic carbocycles. The highest BCUT2D eigenvalue weighted by Gasteiger charge is 2.54. The molecule has 2 aromatic heterocycles. The number of nitrogens with zero attached hydrogens (tertiary/aromatic N) is 4. The van der Waals surface area contributed by atoms with Crippen molar-refractivity contribution in [3.05, 3.63) is 6.33 Å². The molecule has 42 heavy (non-hydrogen) atoms. The standard InChI is InChI=1S/C22H33N8O10PS/c1-9(2)39-18(33)10(3)29-41(36,42-7-11-16(32)27-21(34)25-11)38-6-12-14(31)22(4,35)19(40-12)30-8-24-13-15(30)26-20(23)28-17(13)37-5/h8-12,14,19,31,35H,6-7H2,1-5H3,(H,29,36)(H2,23,26,28)(H2,25,27,32,34)/t10-,11+,12+,14+,19+,22+,41?/m0/s1. The fourth-order valence-electron chi connectivity index (χ4n) is 4.25. The highest BCUT2D eigenvalue weighted by atomic mass is 32.7. The Hall–Kier alpha value is -3.06. The zero-order chi connectivity index (χ0) is 31.0. The number of aromatic nitrogens is 4. The van der Waals surface area contributed by atoms with Crippen molar-refractivity contribution in [1.29, 1.82) is 0 Å². The molecule has 2 aliphatic heterocycles. The van der Waals surface area contributed by atoms with Gasteiger partial charge in [-0.1, -0.05) is 11.4 Å². The second kappa shape index (κ2) is 12.3. The van der Waals surface area contributed by atoms with Gasteiger partial charge in [-0.2, -0.15) is 9.97 Å². The minimum atomic E-state index is -4.04. The van der Waals surface area contributed by atoms with E-state index in [1.807, 2.05) is 0 Å². The van der Waals surface area contributed by atoms with Gasteiger partial charge in [0.25, 0.3) is 5.91 Å². The summed E-state index contributed by atoms with van der Waals surface area (Å²) in [6.45, 7) is 1.48. The zero-order valence-electron chi connectivity index (χ0n) is 23.3. The van der Waals surface area contributed by atoms with E-state index in [-0.39, 0.29) is 28.7 Å². The average molecular weight is 633 g/mol. The molecule has 4 heterocycles. The first-order valence-corrected chi connectivity index (χ1v) is 16.0. The van der Waals surface area contributed by atoms with Crippen LogP contribution in [0.3, 0.4) is 0 Å². The Morgan fingerprint density at radius 2 is 2.07 bits per heavy atom. The third-order valence-corrected chi connectivity index (χ3v) is 10.5. The van der Waals surface area contributed by atoms with Crippen LogP contribution in [-0.4, -0.2) is 103 Å². The van der Waals surface area contributed by atoms with Crippen LogP contribution in [0, 0.1) is 0 Å². The Labute approximate surface area is 243 Å². The van der Waals surface area contributed by atoms with Gasteiger partial charge in [-0.25, -0.2) is 14.9 Å². The molecule has 0 saturated carbocycles. The molecule has 2 saturated heterocycles. The smallest absolute Gasteiger partial charge is 0.327 e. The van der Waals surface area contributed by atoms with Gasteiger partial charge in [-0.3, -0.25) is 24.0 Å². The number of ether oxygens (including phenoxy) is 3. The van der Waals surface area contributed by atoms with E-state index in [2.05, 4.69) is 30.7 Å². The maximum Gasteiger partial charge on any atom is 0.327 e. The van der Waals surface area contributed by atoms with Crippen LogP contribution in [0.25, 0.3) is 11.2 Å². The number of fused-ring (bicyclic) bond motifs is 1. The second-order valence-corrected chi connectivity index (χ2v) is 14.4. The number of aliphatic hydroxyl groups excluding tert-OH is 1. The van der Waals surface area contributed by atoms with E-state index < -0.39 is 73.5 Å². The van der Waals surface area contributed by atoms with Gasteiger partial charge in [-0.05, 0) is 27.7 Å². The molecule has 3 amide bonds. The number of carbonyl (C=O) groups excluding carboxylic acids is 3. The number of hydrogen-bond acceptors (Lipinski definition) is 15. The Balaban J connectivity index is 1.53. The lowest BCUT2D eigenvalue weighted by atomic mass is 9.96. The molecule has 0 bridgehead atoms. The molecule has 0 aliphatic carbocycles. The van der Waals surface area contributed by atoms with Crippen molar-refractivity contribution in [1.82, 2.24) is 35.2 Å². The number of imide groups is 1. The minimum absolute atomic E-state index is 0.0932. The van der Waals surface area contributed by atoms with Crippen LogP contribution in [0.2, 0.25) is 0 Å². The van der Waals surface area contributed by atoms with E-state index in [4.69, 9.17) is 24.5 Å². The van der Waals surface area contributed by atoms with Gasteiger partial charge >= 0.3 is 18.7 Å². The maximum absolute atomic E-state index is 13.9. The van der Waals surface area contributed by atoms with Crippen molar-refractivity contribution in [2.45, 2.75) is 69.9 Å². The number of nitrogen functional groups attached to an aromatic ring is 1. The summed E-state index contributed by atoms with van der Waals surface area (Å²) in [6, 6.07) is -2.80. The molecule has 4 rings (SSSR count). The van der Waals surface area contributed by atoms with Crippen LogP contribution in [-0.2, 0) is 28.2 Å². The number of carbonyl (C=O) groups is 3. The molecule has 2 fully saturated rings. The number of imidazole rings is 1. The van der Waals surface area contributed by atoms with Crippen molar-refractivity contribution in [3.63, 3.8) is 0 Å². The molecule has 2 aliphatic rings. The van der Waals surface area contributed by atoms with Crippen LogP contribution >= 0.6 is 18.1 Å². The highest BCUT2D eigenvalue weighted by molar-refractivity contribution is 8.56. The van der Waals surface area contributed by atoms with Crippen molar-refractivity contribution >= 4 is 53.1 Å². The predicted octanol–water partition coefficient (Wildman–Crippen LogP) is -0.578. The summed E-state index contributed by atoms with van der Waals surface area (Å²) in [6.07, 6.45) is -3.16. The largest absolute Gasteiger partial charge is 0.479 e. The van der Waals surface area contributed by atoms with Gasteiger partial charge in [0.15, 0.2) is 17.4 Å². The quantitative estimate of drug-likeness (QED) is 0.0972. The van der Waals surface area contributed by atoms with Crippen molar-refractivity contribution in [2.24, 2.45) is 0 Å². The molecule has 20 heteroatoms. The average Bonchev–Trinajstić information content (AvgIpc) is 3.53. The van der Waals surface area contributed by atoms with E-state index >= 15 is 0 Å². The minimum Gasteiger partial charge on any atom is -0.479 e. The van der Waals surface area contributed by atoms with Crippen molar-refractivity contribution < 1.29 is 47.9 Å². The van der Waals surface area contributed by atoms with Gasteiger partial charge in [0, 0.05) is 5.75 Å². The third-order valence-electron chi connectivity index (χ3n) is 6.34. The van der Waals surface area contributed by atoms with Crippen molar-refractivity contribution in [2.75, 3.05) is 25.2 Å². The Morgan fingerprint density at radius 1 is 1.36 bits per heavy atom. The molecule has 232 valence electrons. The molecule has 7 N–H and O–H groups in total. The number of aliphatic hydroxyl groups is 2. The number of nitrogens with two attached hydrogens (primary N) is 1. The van der Waals surface area contributed by atoms with E-state index in [1.165, 1.54) is 31.9 Å². The summed E-state index contributed by atoms with van der Waals surface area (Å²) in [5.41, 5.74) is 4.26. The molecule has 0 spiro atoms. The second-order valence-electron chi connectivity index (χ2n) is 10.1. The third kappa shape index (κ3) is 6.61. The number of hydrogen-bond donors (Lipinski definition) is 6. The van der Waals surface area contributed by atoms with E-state index in [0.29, 0.717) is 11.4 Å². The fraction of sp³-hybridized carbons (Fsp3) is 0.636. The van der Waals surface area contributed by atoms with Crippen LogP contribution in [0.15, 0.2) is 6.33 Å². The van der Waals surface area contributed by atoms with Crippen LogP contribution in [0.5, 0.6) is 5.88 Å². The number of nitrogens with one attached hydrogen (secondary N) is 3. The summed E-state index contributed by atoms with van der Waals surface area (Å²) in [7, 11) is 1.38. The van der Waals surface area contributed by atoms with Crippen LogP contribution in [0.4, 0.5) is 10.7 Å². The number of rotatable bonds is 12. The predicted molar refractivity (Wildman–Crippen MR) is 147 cm³/mol.